The smallest absolute Gasteiger partial charge is 0.371 e. The van der Waals surface area contributed by atoms with Crippen molar-refractivity contribution in [1.29, 1.82) is 5.26 Å². The Bertz CT molecular complexity index is 1120. The van der Waals surface area contributed by atoms with Crippen LogP contribution in [0, 0.1) is 22.7 Å². The SMILES string of the molecule is CNC(=O)C1CN(C(=O)c2ccccc2)CC12CCN(c1ccc(C#N)c(C(F)(F)F)c1)CC2. The Kier molecular flexibility index (Phi) is 6.26. The summed E-state index contributed by atoms with van der Waals surface area (Å²) in [5.41, 5.74) is -0.842. The number of nitriles is 1. The van der Waals surface area contributed by atoms with Gasteiger partial charge >= 0.3 is 6.18 Å². The summed E-state index contributed by atoms with van der Waals surface area (Å²) < 4.78 is 40.2. The van der Waals surface area contributed by atoms with Crippen molar-refractivity contribution in [3.63, 3.8) is 0 Å². The van der Waals surface area contributed by atoms with Crippen molar-refractivity contribution in [2.75, 3.05) is 38.1 Å². The maximum Gasteiger partial charge on any atom is 0.417 e. The maximum atomic E-state index is 13.4. The Morgan fingerprint density at radius 1 is 1.12 bits per heavy atom. The lowest BCUT2D eigenvalue weighted by molar-refractivity contribution is -0.137. The number of nitrogens with one attached hydrogen (secondary N) is 1. The summed E-state index contributed by atoms with van der Waals surface area (Å²) >= 11 is 0. The summed E-state index contributed by atoms with van der Waals surface area (Å²) in [6.07, 6.45) is -3.50. The Morgan fingerprint density at radius 2 is 1.79 bits per heavy atom. The lowest BCUT2D eigenvalue weighted by atomic mass is 9.70. The van der Waals surface area contributed by atoms with Crippen LogP contribution in [0.3, 0.4) is 0 Å². The summed E-state index contributed by atoms with van der Waals surface area (Å²) in [5, 5.41) is 11.8. The molecule has 2 heterocycles. The van der Waals surface area contributed by atoms with E-state index in [4.69, 9.17) is 5.26 Å². The van der Waals surface area contributed by atoms with Crippen molar-refractivity contribution in [3.05, 3.63) is 65.2 Å². The summed E-state index contributed by atoms with van der Waals surface area (Å²) in [4.78, 5) is 29.4. The van der Waals surface area contributed by atoms with E-state index < -0.39 is 22.7 Å². The number of likely N-dealkylation sites (tertiary alicyclic amines) is 1. The largest absolute Gasteiger partial charge is 0.417 e. The van der Waals surface area contributed by atoms with Gasteiger partial charge in [-0.15, -0.1) is 0 Å². The average Bonchev–Trinajstić information content (AvgIpc) is 3.21. The lowest BCUT2D eigenvalue weighted by Crippen LogP contribution is -2.48. The Hall–Kier alpha value is -3.54. The van der Waals surface area contributed by atoms with E-state index in [1.54, 1.807) is 42.3 Å². The Morgan fingerprint density at radius 3 is 2.38 bits per heavy atom. The van der Waals surface area contributed by atoms with Crippen LogP contribution in [0.4, 0.5) is 18.9 Å². The van der Waals surface area contributed by atoms with E-state index in [2.05, 4.69) is 5.32 Å². The summed E-state index contributed by atoms with van der Waals surface area (Å²) in [7, 11) is 1.57. The van der Waals surface area contributed by atoms with Gasteiger partial charge in [-0.1, -0.05) is 18.2 Å². The number of carbonyl (C=O) groups excluding carboxylic acids is 2. The Labute approximate surface area is 196 Å². The van der Waals surface area contributed by atoms with Crippen LogP contribution >= 0.6 is 0 Å². The van der Waals surface area contributed by atoms with Crippen molar-refractivity contribution < 1.29 is 22.8 Å². The highest BCUT2D eigenvalue weighted by Crippen LogP contribution is 2.46. The average molecular weight is 470 g/mol. The first-order valence-corrected chi connectivity index (χ1v) is 11.1. The fourth-order valence-corrected chi connectivity index (χ4v) is 5.20. The third-order valence-electron chi connectivity index (χ3n) is 7.07. The number of hydrogen-bond donors (Lipinski definition) is 1. The molecule has 0 bridgehead atoms. The molecule has 2 aromatic carbocycles. The van der Waals surface area contributed by atoms with Crippen LogP contribution in [0.2, 0.25) is 0 Å². The lowest BCUT2D eigenvalue weighted by Gasteiger charge is -2.43. The van der Waals surface area contributed by atoms with Gasteiger partial charge in [0, 0.05) is 49.9 Å². The van der Waals surface area contributed by atoms with Crippen LogP contribution in [-0.4, -0.2) is 49.9 Å². The molecule has 2 amide bonds. The molecule has 2 aliphatic heterocycles. The first kappa shape index (κ1) is 23.6. The molecule has 2 fully saturated rings. The number of anilines is 1. The molecule has 0 radical (unpaired) electrons. The normalized spacial score (nSPS) is 19.7. The van der Waals surface area contributed by atoms with E-state index in [0.29, 0.717) is 50.3 Å². The minimum Gasteiger partial charge on any atom is -0.371 e. The molecule has 2 aromatic rings. The van der Waals surface area contributed by atoms with E-state index in [1.807, 2.05) is 11.0 Å². The van der Waals surface area contributed by atoms with Crippen LogP contribution in [0.25, 0.3) is 0 Å². The number of rotatable bonds is 3. The molecule has 4 rings (SSSR count). The van der Waals surface area contributed by atoms with E-state index in [9.17, 15) is 22.8 Å². The minimum atomic E-state index is -4.62. The van der Waals surface area contributed by atoms with Crippen molar-refractivity contribution in [3.8, 4) is 6.07 Å². The van der Waals surface area contributed by atoms with E-state index in [-0.39, 0.29) is 17.7 Å². The number of halogens is 3. The van der Waals surface area contributed by atoms with Gasteiger partial charge in [-0.2, -0.15) is 18.4 Å². The predicted molar refractivity (Wildman–Crippen MR) is 120 cm³/mol. The third kappa shape index (κ3) is 4.32. The first-order chi connectivity index (χ1) is 16.2. The van der Waals surface area contributed by atoms with Gasteiger partial charge in [0.2, 0.25) is 5.91 Å². The standard InChI is InChI=1S/C25H25F3N4O2/c1-30-22(33)21-15-32(23(34)17-5-3-2-4-6-17)16-24(21)9-11-31(12-10-24)19-8-7-18(14-29)20(13-19)25(26,27)28/h2-8,13,21H,9-12,15-16H2,1H3,(H,30,33). The van der Waals surface area contributed by atoms with E-state index >= 15 is 0 Å². The highest BCUT2D eigenvalue weighted by Gasteiger charge is 2.52. The van der Waals surface area contributed by atoms with E-state index in [0.717, 1.165) is 6.07 Å². The quantitative estimate of drug-likeness (QED) is 0.743. The molecule has 2 saturated heterocycles. The maximum absolute atomic E-state index is 13.4. The molecule has 0 saturated carbocycles. The van der Waals surface area contributed by atoms with Gasteiger partial charge in [-0.25, -0.2) is 0 Å². The molecule has 34 heavy (non-hydrogen) atoms. The van der Waals surface area contributed by atoms with Gasteiger partial charge in [-0.05, 0) is 43.2 Å². The number of hydrogen-bond acceptors (Lipinski definition) is 4. The molecule has 0 aliphatic carbocycles. The zero-order valence-electron chi connectivity index (χ0n) is 18.7. The van der Waals surface area contributed by atoms with Crippen molar-refractivity contribution >= 4 is 17.5 Å². The zero-order valence-corrected chi connectivity index (χ0v) is 18.7. The minimum absolute atomic E-state index is 0.129. The summed E-state index contributed by atoms with van der Waals surface area (Å²) in [6.45, 7) is 1.63. The zero-order chi connectivity index (χ0) is 24.5. The molecule has 1 spiro atoms. The second-order valence-electron chi connectivity index (χ2n) is 8.91. The third-order valence-corrected chi connectivity index (χ3v) is 7.07. The molecule has 6 nitrogen and oxygen atoms in total. The van der Waals surface area contributed by atoms with Crippen molar-refractivity contribution in [2.24, 2.45) is 11.3 Å². The van der Waals surface area contributed by atoms with Crippen LogP contribution in [-0.2, 0) is 11.0 Å². The summed E-state index contributed by atoms with van der Waals surface area (Å²) in [5.74, 6) is -0.649. The van der Waals surface area contributed by atoms with Crippen LogP contribution in [0.1, 0.15) is 34.3 Å². The monoisotopic (exact) mass is 470 g/mol. The molecular weight excluding hydrogens is 445 g/mol. The fourth-order valence-electron chi connectivity index (χ4n) is 5.20. The van der Waals surface area contributed by atoms with Crippen molar-refractivity contribution in [1.82, 2.24) is 10.2 Å². The van der Waals surface area contributed by atoms with E-state index in [1.165, 1.54) is 12.1 Å². The first-order valence-electron chi connectivity index (χ1n) is 11.1. The molecular formula is C25H25F3N4O2. The molecule has 2 aliphatic rings. The highest BCUT2D eigenvalue weighted by molar-refractivity contribution is 5.95. The van der Waals surface area contributed by atoms with Gasteiger partial charge in [-0.3, -0.25) is 9.59 Å². The van der Waals surface area contributed by atoms with Crippen LogP contribution in [0.15, 0.2) is 48.5 Å². The number of carbonyl (C=O) groups is 2. The Balaban J connectivity index is 1.55. The fraction of sp³-hybridized carbons (Fsp3) is 0.400. The molecule has 1 unspecified atom stereocenters. The summed E-state index contributed by atoms with van der Waals surface area (Å²) in [6, 6.07) is 14.3. The number of alkyl halides is 3. The van der Waals surface area contributed by atoms with Crippen LogP contribution < -0.4 is 10.2 Å². The number of nitrogens with zero attached hydrogens (tertiary/aromatic N) is 3. The second kappa shape index (κ2) is 9.01. The molecule has 9 heteroatoms. The van der Waals surface area contributed by atoms with Gasteiger partial charge < -0.3 is 15.1 Å². The molecule has 178 valence electrons. The van der Waals surface area contributed by atoms with Crippen LogP contribution in [0.5, 0.6) is 0 Å². The number of piperidine rings is 1. The predicted octanol–water partition coefficient (Wildman–Crippen LogP) is 3.68. The molecule has 1 N–H and O–H groups in total. The molecule has 1 atom stereocenters. The second-order valence-corrected chi connectivity index (χ2v) is 8.91. The van der Waals surface area contributed by atoms with Gasteiger partial charge in [0.15, 0.2) is 0 Å². The van der Waals surface area contributed by atoms with Gasteiger partial charge in [0.25, 0.3) is 5.91 Å². The molecule has 0 aromatic heterocycles. The topological polar surface area (TPSA) is 76.4 Å². The number of amides is 2. The van der Waals surface area contributed by atoms with Gasteiger partial charge in [0.05, 0.1) is 23.1 Å². The van der Waals surface area contributed by atoms with Crippen molar-refractivity contribution in [2.45, 2.75) is 19.0 Å². The number of benzene rings is 2. The highest BCUT2D eigenvalue weighted by atomic mass is 19.4. The van der Waals surface area contributed by atoms with Gasteiger partial charge in [0.1, 0.15) is 0 Å².